The molecule has 4 nitrogen and oxygen atoms in total. The van der Waals surface area contributed by atoms with Gasteiger partial charge in [-0.3, -0.25) is 0 Å². The van der Waals surface area contributed by atoms with Gasteiger partial charge in [0.2, 0.25) is 0 Å². The first-order chi connectivity index (χ1) is 31.1. The monoisotopic (exact) mass is 824 g/mol. The molecule has 0 radical (unpaired) electrons. The molecule has 298 valence electrons. The molecule has 8 aromatic carbocycles. The third-order valence-corrected chi connectivity index (χ3v) is 13.6. The molecule has 0 saturated carbocycles. The molecule has 0 saturated heterocycles. The predicted molar refractivity (Wildman–Crippen MR) is 264 cm³/mol. The zero-order chi connectivity index (χ0) is 41.9. The van der Waals surface area contributed by atoms with E-state index in [4.69, 9.17) is 15.0 Å². The van der Waals surface area contributed by atoms with Crippen LogP contribution < -0.4 is 10.6 Å². The summed E-state index contributed by atoms with van der Waals surface area (Å²) in [5.74, 6) is 2.31. The molecule has 3 aromatic heterocycles. The molecule has 3 heterocycles. The van der Waals surface area contributed by atoms with Crippen LogP contribution in [0.3, 0.4) is 0 Å². The fourth-order valence-corrected chi connectivity index (χ4v) is 10.5. The molecule has 0 N–H and O–H groups in total. The maximum atomic E-state index is 5.29. The summed E-state index contributed by atoms with van der Waals surface area (Å²) in [7, 11) is 0. The Morgan fingerprint density at radius 1 is 0.460 bits per heavy atom. The van der Waals surface area contributed by atoms with Crippen LogP contribution in [0.2, 0.25) is 0 Å². The molecule has 1 aliphatic rings. The Balaban J connectivity index is 1.07. The van der Waals surface area contributed by atoms with Crippen LogP contribution in [0.15, 0.2) is 194 Å². The van der Waals surface area contributed by atoms with Crippen LogP contribution in [0.4, 0.5) is 0 Å². The van der Waals surface area contributed by atoms with E-state index in [-0.39, 0.29) is 0 Å². The summed E-state index contributed by atoms with van der Waals surface area (Å²) in [6.07, 6.45) is 5.90. The van der Waals surface area contributed by atoms with Crippen LogP contribution in [0.25, 0.3) is 116 Å². The standard InChI is InChI=1S/C58H40N4S/c1-37-27-30-46-47-31-28-42(45-24-14-25-49-48-23-11-12-26-54(48)63-55(45)49)35-53(47)62(52(46)33-37)44-29-32-50(51(36-44)39-17-7-3-8-18-39)58-60-56(40-19-9-4-10-20-40)59-57(61-58)43-22-13-21-41(34-43)38-15-5-2-6-16-38/h2-26,28-37H,27H2,1H3. The highest BCUT2D eigenvalue weighted by Gasteiger charge is 2.21. The van der Waals surface area contributed by atoms with Crippen molar-refractivity contribution in [2.24, 2.45) is 5.92 Å². The average molecular weight is 825 g/mol. The fraction of sp³-hybridized carbons (Fsp3) is 0.0517. The van der Waals surface area contributed by atoms with E-state index in [1.54, 1.807) is 0 Å². The smallest absolute Gasteiger partial charge is 0.164 e. The first-order valence-corrected chi connectivity index (χ1v) is 22.4. The third kappa shape index (κ3) is 6.57. The SMILES string of the molecule is CC1C=c2c(c3ccc(-c4cccc5c4sc4ccccc45)cc3n2-c2ccc(-c3nc(-c4ccccc4)nc(-c4cccc(-c5ccccc5)c4)n3)c(-c3ccccc3)c2)=CC1. The van der Waals surface area contributed by atoms with Gasteiger partial charge in [-0.2, -0.15) is 0 Å². The second-order valence-corrected chi connectivity index (χ2v) is 17.5. The quantitative estimate of drug-likeness (QED) is 0.161. The number of rotatable bonds is 7. The van der Waals surface area contributed by atoms with E-state index in [9.17, 15) is 0 Å². The second kappa shape index (κ2) is 15.3. The maximum absolute atomic E-state index is 5.29. The van der Waals surface area contributed by atoms with Gasteiger partial charge in [-0.25, -0.2) is 15.0 Å². The van der Waals surface area contributed by atoms with Crippen molar-refractivity contribution >= 4 is 54.6 Å². The Morgan fingerprint density at radius 3 is 1.92 bits per heavy atom. The third-order valence-electron chi connectivity index (χ3n) is 12.4. The molecule has 11 aromatic rings. The summed E-state index contributed by atoms with van der Waals surface area (Å²) < 4.78 is 5.11. The minimum atomic E-state index is 0.417. The van der Waals surface area contributed by atoms with Crippen LogP contribution in [0.1, 0.15) is 13.3 Å². The zero-order valence-electron chi connectivity index (χ0n) is 34.6. The van der Waals surface area contributed by atoms with Gasteiger partial charge in [-0.05, 0) is 82.1 Å². The van der Waals surface area contributed by atoms with Gasteiger partial charge in [0.15, 0.2) is 17.5 Å². The number of aromatic nitrogens is 4. The number of thiophene rings is 1. The lowest BCUT2D eigenvalue weighted by atomic mass is 9.97. The number of fused-ring (bicyclic) bond motifs is 6. The van der Waals surface area contributed by atoms with Crippen molar-refractivity contribution < 1.29 is 0 Å². The van der Waals surface area contributed by atoms with Crippen LogP contribution in [0, 0.1) is 5.92 Å². The van der Waals surface area contributed by atoms with E-state index >= 15 is 0 Å². The molecule has 0 bridgehead atoms. The Hall–Kier alpha value is -7.73. The summed E-state index contributed by atoms with van der Waals surface area (Å²) in [6.45, 7) is 2.31. The van der Waals surface area contributed by atoms with Gasteiger partial charge in [0.1, 0.15) is 0 Å². The molecule has 1 aliphatic carbocycles. The minimum Gasteiger partial charge on any atom is -0.310 e. The number of hydrogen-bond donors (Lipinski definition) is 0. The largest absolute Gasteiger partial charge is 0.310 e. The first-order valence-electron chi connectivity index (χ1n) is 21.6. The van der Waals surface area contributed by atoms with Gasteiger partial charge >= 0.3 is 0 Å². The molecule has 12 rings (SSSR count). The van der Waals surface area contributed by atoms with Crippen molar-refractivity contribution in [3.63, 3.8) is 0 Å². The highest BCUT2D eigenvalue weighted by Crippen LogP contribution is 2.41. The highest BCUT2D eigenvalue weighted by molar-refractivity contribution is 7.26. The molecule has 0 amide bonds. The highest BCUT2D eigenvalue weighted by atomic mass is 32.1. The fourth-order valence-electron chi connectivity index (χ4n) is 9.31. The Bertz CT molecular complexity index is 3660. The van der Waals surface area contributed by atoms with E-state index in [0.29, 0.717) is 23.4 Å². The van der Waals surface area contributed by atoms with E-state index in [1.165, 1.54) is 52.8 Å². The summed E-state index contributed by atoms with van der Waals surface area (Å²) in [4.78, 5) is 15.6. The van der Waals surface area contributed by atoms with E-state index in [2.05, 4.69) is 194 Å². The number of benzene rings is 8. The maximum Gasteiger partial charge on any atom is 0.164 e. The van der Waals surface area contributed by atoms with Crippen molar-refractivity contribution in [3.8, 4) is 73.2 Å². The lowest BCUT2D eigenvalue weighted by molar-refractivity contribution is 0.793. The number of nitrogens with zero attached hydrogens (tertiary/aromatic N) is 4. The normalized spacial score (nSPS) is 13.5. The van der Waals surface area contributed by atoms with Crippen molar-refractivity contribution in [2.75, 3.05) is 0 Å². The average Bonchev–Trinajstić information content (AvgIpc) is 3.89. The Morgan fingerprint density at radius 2 is 1.11 bits per heavy atom. The molecular formula is C58H40N4S. The molecular weight excluding hydrogens is 785 g/mol. The lowest BCUT2D eigenvalue weighted by Crippen LogP contribution is -2.31. The van der Waals surface area contributed by atoms with Crippen molar-refractivity contribution in [1.82, 2.24) is 19.5 Å². The lowest BCUT2D eigenvalue weighted by Gasteiger charge is -2.16. The Labute approximate surface area is 369 Å². The molecule has 0 spiro atoms. The number of hydrogen-bond acceptors (Lipinski definition) is 4. The van der Waals surface area contributed by atoms with Gasteiger partial charge in [-0.1, -0.05) is 177 Å². The van der Waals surface area contributed by atoms with Gasteiger partial charge in [-0.15, -0.1) is 11.3 Å². The van der Waals surface area contributed by atoms with Gasteiger partial charge in [0.25, 0.3) is 0 Å². The van der Waals surface area contributed by atoms with Crippen molar-refractivity contribution in [3.05, 3.63) is 205 Å². The summed E-state index contributed by atoms with van der Waals surface area (Å²) in [5.41, 5.74) is 12.0. The Kier molecular flexibility index (Phi) is 9.01. The molecule has 0 fully saturated rings. The van der Waals surface area contributed by atoms with Gasteiger partial charge < -0.3 is 4.57 Å². The van der Waals surface area contributed by atoms with Crippen molar-refractivity contribution in [2.45, 2.75) is 13.3 Å². The van der Waals surface area contributed by atoms with Crippen LogP contribution in [0.5, 0.6) is 0 Å². The van der Waals surface area contributed by atoms with Crippen LogP contribution in [-0.2, 0) is 0 Å². The molecule has 63 heavy (non-hydrogen) atoms. The zero-order valence-corrected chi connectivity index (χ0v) is 35.4. The summed E-state index contributed by atoms with van der Waals surface area (Å²) in [5, 5.41) is 6.42. The van der Waals surface area contributed by atoms with Gasteiger partial charge in [0, 0.05) is 53.2 Å². The van der Waals surface area contributed by atoms with E-state index in [0.717, 1.165) is 51.1 Å². The molecule has 1 atom stereocenters. The van der Waals surface area contributed by atoms with Gasteiger partial charge in [0.05, 0.1) is 10.9 Å². The topological polar surface area (TPSA) is 43.6 Å². The van der Waals surface area contributed by atoms with E-state index < -0.39 is 0 Å². The van der Waals surface area contributed by atoms with Crippen LogP contribution >= 0.6 is 11.3 Å². The van der Waals surface area contributed by atoms with Crippen molar-refractivity contribution in [1.29, 1.82) is 0 Å². The van der Waals surface area contributed by atoms with Crippen LogP contribution in [-0.4, -0.2) is 19.5 Å². The molecule has 5 heteroatoms. The predicted octanol–water partition coefficient (Wildman–Crippen LogP) is 13.8. The minimum absolute atomic E-state index is 0.417. The second-order valence-electron chi connectivity index (χ2n) is 16.4. The first kappa shape index (κ1) is 37.1. The molecule has 1 unspecified atom stereocenters. The molecule has 0 aliphatic heterocycles. The summed E-state index contributed by atoms with van der Waals surface area (Å²) in [6, 6.07) is 69.1. The van der Waals surface area contributed by atoms with E-state index in [1.807, 2.05) is 35.6 Å². The summed E-state index contributed by atoms with van der Waals surface area (Å²) >= 11 is 1.88.